The molecule has 1 aliphatic rings. The van der Waals surface area contributed by atoms with Gasteiger partial charge in [0.1, 0.15) is 0 Å². The smallest absolute Gasteiger partial charge is 0.257 e. The maximum atomic E-state index is 5.66. The summed E-state index contributed by atoms with van der Waals surface area (Å²) in [5, 5.41) is 4.49. The van der Waals surface area contributed by atoms with Crippen molar-refractivity contribution in [1.82, 2.24) is 10.1 Å². The third-order valence-electron chi connectivity index (χ3n) is 3.07. The molecule has 5 heteroatoms. The average molecular weight is 261 g/mol. The number of nitrogen functional groups attached to an aromatic ring is 1. The van der Waals surface area contributed by atoms with Gasteiger partial charge < -0.3 is 10.3 Å². The molecule has 0 amide bonds. The second kappa shape index (κ2) is 5.02. The largest absolute Gasteiger partial charge is 0.399 e. The zero-order valence-electron chi connectivity index (χ0n) is 10.0. The molecule has 0 spiro atoms. The van der Waals surface area contributed by atoms with Crippen LogP contribution in [0, 0.1) is 0 Å². The summed E-state index contributed by atoms with van der Waals surface area (Å²) in [5.74, 6) is 2.60. The second-order valence-electron chi connectivity index (χ2n) is 4.43. The van der Waals surface area contributed by atoms with E-state index < -0.39 is 0 Å². The molecule has 0 radical (unpaired) electrons. The third-order valence-corrected chi connectivity index (χ3v) is 4.44. The monoisotopic (exact) mass is 261 g/mol. The number of nitrogens with zero attached hydrogens (tertiary/aromatic N) is 2. The van der Waals surface area contributed by atoms with Gasteiger partial charge in [-0.3, -0.25) is 0 Å². The zero-order chi connectivity index (χ0) is 12.4. The van der Waals surface area contributed by atoms with E-state index in [-0.39, 0.29) is 0 Å². The maximum Gasteiger partial charge on any atom is 0.257 e. The van der Waals surface area contributed by atoms with E-state index in [0.717, 1.165) is 23.5 Å². The molecule has 1 unspecified atom stereocenters. The molecular formula is C13H15N3OS. The van der Waals surface area contributed by atoms with Gasteiger partial charge in [-0.25, -0.2) is 0 Å². The molecule has 1 aliphatic heterocycles. The van der Waals surface area contributed by atoms with Crippen LogP contribution in [0.25, 0.3) is 11.5 Å². The van der Waals surface area contributed by atoms with Crippen LogP contribution < -0.4 is 5.73 Å². The van der Waals surface area contributed by atoms with Crippen molar-refractivity contribution in [3.8, 4) is 11.5 Å². The highest BCUT2D eigenvalue weighted by atomic mass is 32.2. The Morgan fingerprint density at radius 1 is 1.22 bits per heavy atom. The number of hydrogen-bond donors (Lipinski definition) is 1. The van der Waals surface area contributed by atoms with Crippen LogP contribution in [0.15, 0.2) is 28.8 Å². The van der Waals surface area contributed by atoms with Gasteiger partial charge in [-0.1, -0.05) is 11.6 Å². The first-order chi connectivity index (χ1) is 8.83. The van der Waals surface area contributed by atoms with Gasteiger partial charge in [-0.2, -0.15) is 16.7 Å². The van der Waals surface area contributed by atoms with Gasteiger partial charge in [-0.15, -0.1) is 0 Å². The molecule has 0 saturated carbocycles. The summed E-state index contributed by atoms with van der Waals surface area (Å²) in [5.41, 5.74) is 7.31. The van der Waals surface area contributed by atoms with Gasteiger partial charge in [0.05, 0.1) is 5.25 Å². The van der Waals surface area contributed by atoms with Crippen LogP contribution in [-0.2, 0) is 0 Å². The predicted octanol–water partition coefficient (Wildman–Crippen LogP) is 3.28. The lowest BCUT2D eigenvalue weighted by Crippen LogP contribution is -2.03. The first-order valence-electron chi connectivity index (χ1n) is 6.14. The minimum Gasteiger partial charge on any atom is -0.399 e. The van der Waals surface area contributed by atoms with Crippen LogP contribution in [0.1, 0.15) is 30.3 Å². The van der Waals surface area contributed by atoms with Gasteiger partial charge in [0.15, 0.2) is 5.82 Å². The van der Waals surface area contributed by atoms with Gasteiger partial charge in [0.25, 0.3) is 5.89 Å². The van der Waals surface area contributed by atoms with Crippen molar-refractivity contribution in [2.24, 2.45) is 0 Å². The number of thioether (sulfide) groups is 1. The maximum absolute atomic E-state index is 5.66. The Balaban J connectivity index is 1.82. The molecule has 1 saturated heterocycles. The minimum absolute atomic E-state index is 0.394. The highest BCUT2D eigenvalue weighted by molar-refractivity contribution is 7.99. The molecule has 3 rings (SSSR count). The number of anilines is 1. The van der Waals surface area contributed by atoms with Crippen molar-refractivity contribution >= 4 is 17.4 Å². The van der Waals surface area contributed by atoms with Crippen molar-refractivity contribution in [2.75, 3.05) is 11.5 Å². The first kappa shape index (κ1) is 11.6. The molecule has 2 heterocycles. The molecule has 0 aliphatic carbocycles. The zero-order valence-corrected chi connectivity index (χ0v) is 10.8. The molecule has 0 bridgehead atoms. The number of hydrogen-bond acceptors (Lipinski definition) is 5. The van der Waals surface area contributed by atoms with Crippen molar-refractivity contribution in [3.05, 3.63) is 30.1 Å². The highest BCUT2D eigenvalue weighted by Gasteiger charge is 2.21. The molecule has 1 aromatic heterocycles. The van der Waals surface area contributed by atoms with Gasteiger partial charge in [0.2, 0.25) is 0 Å². The third kappa shape index (κ3) is 2.36. The van der Waals surface area contributed by atoms with E-state index in [2.05, 4.69) is 10.1 Å². The summed E-state index contributed by atoms with van der Waals surface area (Å²) in [4.78, 5) is 4.49. The van der Waals surface area contributed by atoms with E-state index in [9.17, 15) is 0 Å². The Bertz CT molecular complexity index is 517. The van der Waals surface area contributed by atoms with E-state index in [4.69, 9.17) is 10.3 Å². The van der Waals surface area contributed by atoms with Crippen LogP contribution in [0.3, 0.4) is 0 Å². The number of aromatic nitrogens is 2. The van der Waals surface area contributed by atoms with E-state index in [1.165, 1.54) is 18.6 Å². The van der Waals surface area contributed by atoms with Crippen LogP contribution in [-0.4, -0.2) is 15.9 Å². The van der Waals surface area contributed by atoms with Crippen LogP contribution in [0.5, 0.6) is 0 Å². The lowest BCUT2D eigenvalue weighted by atomic mass is 10.2. The Hall–Kier alpha value is -1.49. The first-order valence-corrected chi connectivity index (χ1v) is 7.19. The van der Waals surface area contributed by atoms with Gasteiger partial charge in [0, 0.05) is 11.3 Å². The summed E-state index contributed by atoms with van der Waals surface area (Å²) in [6.45, 7) is 0. The van der Waals surface area contributed by atoms with Crippen LogP contribution >= 0.6 is 11.8 Å². The highest BCUT2D eigenvalue weighted by Crippen LogP contribution is 2.37. The van der Waals surface area contributed by atoms with Gasteiger partial charge in [-0.05, 0) is 42.9 Å². The molecule has 1 fully saturated rings. The number of nitrogens with two attached hydrogens (primary N) is 1. The standard InChI is InChI=1S/C13H15N3OS/c14-10-6-4-9(5-7-10)13-15-12(16-17-13)11-3-1-2-8-18-11/h4-7,11H,1-3,8,14H2. The van der Waals surface area contributed by atoms with E-state index in [1.54, 1.807) is 0 Å². The molecule has 2 N–H and O–H groups in total. The Kier molecular flexibility index (Phi) is 3.23. The summed E-state index contributed by atoms with van der Waals surface area (Å²) in [6.07, 6.45) is 3.69. The SMILES string of the molecule is Nc1ccc(-c2nc(C3CCCCS3)no2)cc1. The second-order valence-corrected chi connectivity index (χ2v) is 5.75. The molecule has 1 atom stereocenters. The summed E-state index contributed by atoms with van der Waals surface area (Å²) >= 11 is 1.92. The molecule has 94 valence electrons. The molecule has 1 aromatic carbocycles. The molecular weight excluding hydrogens is 246 g/mol. The topological polar surface area (TPSA) is 64.9 Å². The summed E-state index contributed by atoms with van der Waals surface area (Å²) in [7, 11) is 0. The molecule has 4 nitrogen and oxygen atoms in total. The van der Waals surface area contributed by atoms with Crippen molar-refractivity contribution in [3.63, 3.8) is 0 Å². The summed E-state index contributed by atoms with van der Waals surface area (Å²) in [6, 6.07) is 7.49. The summed E-state index contributed by atoms with van der Waals surface area (Å²) < 4.78 is 5.33. The van der Waals surface area contributed by atoms with Crippen molar-refractivity contribution < 1.29 is 4.52 Å². The van der Waals surface area contributed by atoms with E-state index in [1.807, 2.05) is 36.0 Å². The minimum atomic E-state index is 0.394. The number of benzene rings is 1. The Labute approximate surface area is 110 Å². The Morgan fingerprint density at radius 2 is 2.06 bits per heavy atom. The quantitative estimate of drug-likeness (QED) is 0.840. The number of rotatable bonds is 2. The van der Waals surface area contributed by atoms with E-state index in [0.29, 0.717) is 11.1 Å². The molecule has 18 heavy (non-hydrogen) atoms. The van der Waals surface area contributed by atoms with E-state index >= 15 is 0 Å². The van der Waals surface area contributed by atoms with Crippen LogP contribution in [0.2, 0.25) is 0 Å². The lowest BCUT2D eigenvalue weighted by molar-refractivity contribution is 0.420. The van der Waals surface area contributed by atoms with Gasteiger partial charge >= 0.3 is 0 Å². The average Bonchev–Trinajstić information content (AvgIpc) is 2.90. The predicted molar refractivity (Wildman–Crippen MR) is 73.2 cm³/mol. The fourth-order valence-electron chi connectivity index (χ4n) is 2.05. The van der Waals surface area contributed by atoms with Crippen molar-refractivity contribution in [1.29, 1.82) is 0 Å². The normalized spacial score (nSPS) is 19.9. The molecule has 2 aromatic rings. The Morgan fingerprint density at radius 3 is 2.78 bits per heavy atom. The van der Waals surface area contributed by atoms with Crippen molar-refractivity contribution in [2.45, 2.75) is 24.5 Å². The fourth-order valence-corrected chi connectivity index (χ4v) is 3.29. The van der Waals surface area contributed by atoms with Crippen LogP contribution in [0.4, 0.5) is 5.69 Å². The lowest BCUT2D eigenvalue weighted by Gasteiger charge is -2.17. The fraction of sp³-hybridized carbons (Fsp3) is 0.385.